The summed E-state index contributed by atoms with van der Waals surface area (Å²) in [5.74, 6) is 0.824. The molecule has 3 aromatic rings. The van der Waals surface area contributed by atoms with Gasteiger partial charge in [0.1, 0.15) is 22.2 Å². The molecule has 5 heteroatoms. The van der Waals surface area contributed by atoms with Crippen LogP contribution in [0.2, 0.25) is 0 Å². The van der Waals surface area contributed by atoms with E-state index in [9.17, 15) is 4.79 Å². The first-order chi connectivity index (χ1) is 12.7. The molecular formula is C21H22N2O2S. The highest BCUT2D eigenvalue weighted by Crippen LogP contribution is 2.22. The largest absolute Gasteiger partial charge is 0.486 e. The van der Waals surface area contributed by atoms with Gasteiger partial charge in [0.15, 0.2) is 0 Å². The number of carbonyl (C=O) groups excluding carboxylic acids is 1. The summed E-state index contributed by atoms with van der Waals surface area (Å²) in [6.45, 7) is 5.50. The fourth-order valence-electron chi connectivity index (χ4n) is 2.65. The van der Waals surface area contributed by atoms with Gasteiger partial charge in [-0.3, -0.25) is 4.79 Å². The van der Waals surface area contributed by atoms with Gasteiger partial charge in [0, 0.05) is 13.1 Å². The van der Waals surface area contributed by atoms with Crippen LogP contribution in [-0.2, 0) is 13.2 Å². The summed E-state index contributed by atoms with van der Waals surface area (Å²) in [5.41, 5.74) is 1.88. The van der Waals surface area contributed by atoms with E-state index in [0.29, 0.717) is 24.6 Å². The Morgan fingerprint density at radius 1 is 1.08 bits per heavy atom. The van der Waals surface area contributed by atoms with Gasteiger partial charge in [-0.05, 0) is 31.5 Å². The molecule has 0 N–H and O–H groups in total. The number of carbonyl (C=O) groups is 1. The Morgan fingerprint density at radius 2 is 1.73 bits per heavy atom. The van der Waals surface area contributed by atoms with Crippen LogP contribution in [0.1, 0.15) is 32.9 Å². The zero-order valence-electron chi connectivity index (χ0n) is 15.0. The molecule has 0 aliphatic carbocycles. The molecule has 0 atom stereocenters. The Bertz CT molecular complexity index is 847. The first kappa shape index (κ1) is 18.1. The van der Waals surface area contributed by atoms with Gasteiger partial charge in [-0.1, -0.05) is 48.5 Å². The standard InChI is InChI=1S/C21H22N2O2S/c1-3-23(14-17-10-6-4-7-11-17)21(24)20-16(2)22-19(26-20)15-25-18-12-8-5-9-13-18/h4-13H,3,14-15H2,1-2H3. The Hall–Kier alpha value is -2.66. The Morgan fingerprint density at radius 3 is 2.38 bits per heavy atom. The van der Waals surface area contributed by atoms with Crippen molar-refractivity contribution in [1.29, 1.82) is 0 Å². The summed E-state index contributed by atoms with van der Waals surface area (Å²) in [5, 5.41) is 0.811. The van der Waals surface area contributed by atoms with Crippen molar-refractivity contribution >= 4 is 17.2 Å². The molecule has 0 unspecified atom stereocenters. The second kappa shape index (κ2) is 8.63. The lowest BCUT2D eigenvalue weighted by atomic mass is 10.2. The lowest BCUT2D eigenvalue weighted by molar-refractivity contribution is 0.0756. The van der Waals surface area contributed by atoms with Crippen molar-refractivity contribution in [2.75, 3.05) is 6.54 Å². The van der Waals surface area contributed by atoms with Crippen LogP contribution < -0.4 is 4.74 Å². The predicted octanol–water partition coefficient (Wildman–Crippen LogP) is 4.69. The van der Waals surface area contributed by atoms with Crippen LogP contribution >= 0.6 is 11.3 Å². The Balaban J connectivity index is 1.69. The number of para-hydroxylation sites is 1. The van der Waals surface area contributed by atoms with Crippen LogP contribution in [0.15, 0.2) is 60.7 Å². The van der Waals surface area contributed by atoms with Crippen molar-refractivity contribution < 1.29 is 9.53 Å². The van der Waals surface area contributed by atoms with E-state index in [1.54, 1.807) is 0 Å². The van der Waals surface area contributed by atoms with Crippen molar-refractivity contribution in [3.05, 3.63) is 81.8 Å². The summed E-state index contributed by atoms with van der Waals surface area (Å²) in [6, 6.07) is 19.7. The van der Waals surface area contributed by atoms with E-state index >= 15 is 0 Å². The molecular weight excluding hydrogens is 344 g/mol. The van der Waals surface area contributed by atoms with E-state index in [1.807, 2.05) is 79.4 Å². The molecule has 0 saturated carbocycles. The summed E-state index contributed by atoms with van der Waals surface area (Å²) >= 11 is 1.41. The van der Waals surface area contributed by atoms with Crippen molar-refractivity contribution in [2.45, 2.75) is 27.0 Å². The van der Waals surface area contributed by atoms with Crippen LogP contribution in [-0.4, -0.2) is 22.3 Å². The Labute approximate surface area is 158 Å². The third-order valence-electron chi connectivity index (χ3n) is 4.03. The highest BCUT2D eigenvalue weighted by atomic mass is 32.1. The zero-order chi connectivity index (χ0) is 18.4. The number of benzene rings is 2. The van der Waals surface area contributed by atoms with Gasteiger partial charge < -0.3 is 9.64 Å². The van der Waals surface area contributed by atoms with E-state index in [0.717, 1.165) is 22.0 Å². The maximum atomic E-state index is 12.9. The summed E-state index contributed by atoms with van der Waals surface area (Å²) in [4.78, 5) is 20.0. The predicted molar refractivity (Wildman–Crippen MR) is 104 cm³/mol. The van der Waals surface area contributed by atoms with Gasteiger partial charge in [-0.15, -0.1) is 11.3 Å². The highest BCUT2D eigenvalue weighted by Gasteiger charge is 2.21. The number of hydrogen-bond donors (Lipinski definition) is 0. The molecule has 26 heavy (non-hydrogen) atoms. The third-order valence-corrected chi connectivity index (χ3v) is 5.14. The molecule has 0 aliphatic heterocycles. The quantitative estimate of drug-likeness (QED) is 0.609. The Kier molecular flexibility index (Phi) is 6.02. The minimum atomic E-state index is 0.0253. The second-order valence-corrected chi connectivity index (χ2v) is 7.01. The molecule has 0 aliphatic rings. The number of thiazole rings is 1. The van der Waals surface area contributed by atoms with Crippen LogP contribution in [0.25, 0.3) is 0 Å². The van der Waals surface area contributed by atoms with E-state index in [4.69, 9.17) is 4.74 Å². The average molecular weight is 366 g/mol. The van der Waals surface area contributed by atoms with E-state index < -0.39 is 0 Å². The lowest BCUT2D eigenvalue weighted by Crippen LogP contribution is -2.30. The van der Waals surface area contributed by atoms with Gasteiger partial charge >= 0.3 is 0 Å². The number of amides is 1. The van der Waals surface area contributed by atoms with Gasteiger partial charge in [0.25, 0.3) is 5.91 Å². The van der Waals surface area contributed by atoms with Crippen molar-refractivity contribution in [3.63, 3.8) is 0 Å². The monoisotopic (exact) mass is 366 g/mol. The maximum Gasteiger partial charge on any atom is 0.266 e. The van der Waals surface area contributed by atoms with Crippen molar-refractivity contribution in [1.82, 2.24) is 9.88 Å². The minimum Gasteiger partial charge on any atom is -0.486 e. The number of ether oxygens (including phenoxy) is 1. The smallest absolute Gasteiger partial charge is 0.266 e. The maximum absolute atomic E-state index is 12.9. The minimum absolute atomic E-state index is 0.0253. The van der Waals surface area contributed by atoms with E-state index in [-0.39, 0.29) is 5.91 Å². The molecule has 4 nitrogen and oxygen atoms in total. The first-order valence-electron chi connectivity index (χ1n) is 8.64. The fourth-order valence-corrected chi connectivity index (χ4v) is 3.59. The van der Waals surface area contributed by atoms with Gasteiger partial charge in [-0.2, -0.15) is 0 Å². The summed E-state index contributed by atoms with van der Waals surface area (Å²) in [6.07, 6.45) is 0. The molecule has 0 fully saturated rings. The van der Waals surface area contributed by atoms with Gasteiger partial charge in [0.05, 0.1) is 5.69 Å². The van der Waals surface area contributed by atoms with Crippen LogP contribution in [0, 0.1) is 6.92 Å². The highest BCUT2D eigenvalue weighted by molar-refractivity contribution is 7.13. The van der Waals surface area contributed by atoms with E-state index in [1.165, 1.54) is 11.3 Å². The van der Waals surface area contributed by atoms with Crippen LogP contribution in [0.5, 0.6) is 5.75 Å². The third kappa shape index (κ3) is 4.49. The summed E-state index contributed by atoms with van der Waals surface area (Å²) in [7, 11) is 0. The van der Waals surface area contributed by atoms with E-state index in [2.05, 4.69) is 4.98 Å². The lowest BCUT2D eigenvalue weighted by Gasteiger charge is -2.20. The topological polar surface area (TPSA) is 42.4 Å². The second-order valence-electron chi connectivity index (χ2n) is 5.93. The number of nitrogens with zero attached hydrogens (tertiary/aromatic N) is 2. The zero-order valence-corrected chi connectivity index (χ0v) is 15.8. The molecule has 1 amide bonds. The first-order valence-corrected chi connectivity index (χ1v) is 9.46. The normalized spacial score (nSPS) is 10.5. The molecule has 1 heterocycles. The molecule has 0 spiro atoms. The number of aryl methyl sites for hydroxylation is 1. The van der Waals surface area contributed by atoms with Crippen molar-refractivity contribution in [2.24, 2.45) is 0 Å². The van der Waals surface area contributed by atoms with Crippen LogP contribution in [0.3, 0.4) is 0 Å². The van der Waals surface area contributed by atoms with Gasteiger partial charge in [-0.25, -0.2) is 4.98 Å². The summed E-state index contributed by atoms with van der Waals surface area (Å²) < 4.78 is 5.75. The molecule has 0 radical (unpaired) electrons. The molecule has 0 saturated heterocycles. The molecule has 134 valence electrons. The molecule has 2 aromatic carbocycles. The van der Waals surface area contributed by atoms with Gasteiger partial charge in [0.2, 0.25) is 0 Å². The van der Waals surface area contributed by atoms with Crippen LogP contribution in [0.4, 0.5) is 0 Å². The molecule has 3 rings (SSSR count). The average Bonchev–Trinajstić information content (AvgIpc) is 3.06. The number of aromatic nitrogens is 1. The number of rotatable bonds is 7. The molecule has 1 aromatic heterocycles. The fraction of sp³-hybridized carbons (Fsp3) is 0.238. The number of hydrogen-bond acceptors (Lipinski definition) is 4. The van der Waals surface area contributed by atoms with Crippen molar-refractivity contribution in [3.8, 4) is 5.75 Å². The molecule has 0 bridgehead atoms. The SMILES string of the molecule is CCN(Cc1ccccc1)C(=O)c1sc(COc2ccccc2)nc1C.